The number of benzene rings is 2. The van der Waals surface area contributed by atoms with Crippen LogP contribution in [0.25, 0.3) is 0 Å². The Kier molecular flexibility index (Phi) is 8.14. The van der Waals surface area contributed by atoms with E-state index in [1.807, 2.05) is 44.2 Å². The summed E-state index contributed by atoms with van der Waals surface area (Å²) in [7, 11) is 0. The van der Waals surface area contributed by atoms with E-state index in [9.17, 15) is 4.79 Å². The van der Waals surface area contributed by atoms with Crippen LogP contribution < -0.4 is 14.8 Å². The maximum Gasteiger partial charge on any atom is 0.258 e. The summed E-state index contributed by atoms with van der Waals surface area (Å²) < 4.78 is 16.4. The average molecular weight is 368 g/mol. The molecule has 0 atom stereocenters. The van der Waals surface area contributed by atoms with Crippen molar-refractivity contribution in [2.45, 2.75) is 27.0 Å². The van der Waals surface area contributed by atoms with Crippen molar-refractivity contribution >= 4 is 5.91 Å². The summed E-state index contributed by atoms with van der Waals surface area (Å²) in [5, 5.41) is 11.8. The molecular weight excluding hydrogens is 344 g/mol. The van der Waals surface area contributed by atoms with Crippen molar-refractivity contribution in [3.63, 3.8) is 0 Å². The molecule has 142 valence electrons. The predicted octanol–water partition coefficient (Wildman–Crippen LogP) is 3.19. The molecule has 0 unspecified atom stereocenters. The van der Waals surface area contributed by atoms with Gasteiger partial charge >= 0.3 is 0 Å². The summed E-state index contributed by atoms with van der Waals surface area (Å²) in [6.07, 6.45) is 0. The van der Waals surface area contributed by atoms with Crippen molar-refractivity contribution in [1.29, 1.82) is 5.26 Å². The van der Waals surface area contributed by atoms with Gasteiger partial charge in [-0.1, -0.05) is 24.3 Å². The van der Waals surface area contributed by atoms with Crippen LogP contribution in [-0.2, 0) is 22.7 Å². The van der Waals surface area contributed by atoms with Gasteiger partial charge in [-0.2, -0.15) is 5.26 Å². The fourth-order valence-electron chi connectivity index (χ4n) is 2.33. The van der Waals surface area contributed by atoms with E-state index in [1.165, 1.54) is 0 Å². The average Bonchev–Trinajstić information content (AvgIpc) is 2.70. The standard InChI is InChI=1S/C21H24N2O4/c1-3-25-14-17-7-5-16(6-8-17)13-23-21(24)15-27-19-10-9-18(12-22)11-20(19)26-4-2/h5-11H,3-4,13-15H2,1-2H3,(H,23,24). The number of amides is 1. The van der Waals surface area contributed by atoms with E-state index < -0.39 is 0 Å². The zero-order valence-electron chi connectivity index (χ0n) is 15.7. The molecule has 0 heterocycles. The van der Waals surface area contributed by atoms with E-state index in [1.54, 1.807) is 18.2 Å². The molecule has 6 heteroatoms. The summed E-state index contributed by atoms with van der Waals surface area (Å²) in [6.45, 7) is 5.80. The van der Waals surface area contributed by atoms with Gasteiger partial charge in [0.15, 0.2) is 18.1 Å². The number of ether oxygens (including phenoxy) is 3. The second kappa shape index (κ2) is 10.8. The first-order valence-electron chi connectivity index (χ1n) is 8.88. The number of nitrogens with one attached hydrogen (secondary N) is 1. The molecule has 0 bridgehead atoms. The molecule has 0 spiro atoms. The van der Waals surface area contributed by atoms with Crippen LogP contribution in [0, 0.1) is 11.3 Å². The third kappa shape index (κ3) is 6.65. The highest BCUT2D eigenvalue weighted by Crippen LogP contribution is 2.28. The molecule has 2 aromatic carbocycles. The van der Waals surface area contributed by atoms with Gasteiger partial charge in [-0.25, -0.2) is 0 Å². The number of nitriles is 1. The van der Waals surface area contributed by atoms with Crippen molar-refractivity contribution in [3.05, 3.63) is 59.2 Å². The van der Waals surface area contributed by atoms with E-state index in [2.05, 4.69) is 5.32 Å². The van der Waals surface area contributed by atoms with Crippen LogP contribution in [0.5, 0.6) is 11.5 Å². The molecule has 6 nitrogen and oxygen atoms in total. The quantitative estimate of drug-likeness (QED) is 0.697. The molecular formula is C21H24N2O4. The van der Waals surface area contributed by atoms with Crippen molar-refractivity contribution in [1.82, 2.24) is 5.32 Å². The number of hydrogen-bond acceptors (Lipinski definition) is 5. The van der Waals surface area contributed by atoms with Crippen molar-refractivity contribution < 1.29 is 19.0 Å². The van der Waals surface area contributed by atoms with Crippen LogP contribution in [0.4, 0.5) is 0 Å². The Balaban J connectivity index is 1.83. The first-order valence-corrected chi connectivity index (χ1v) is 8.88. The highest BCUT2D eigenvalue weighted by atomic mass is 16.5. The van der Waals surface area contributed by atoms with Gasteiger partial charge in [0, 0.05) is 19.2 Å². The summed E-state index contributed by atoms with van der Waals surface area (Å²) in [6, 6.07) is 14.8. The first-order chi connectivity index (χ1) is 13.2. The number of hydrogen-bond donors (Lipinski definition) is 1. The van der Waals surface area contributed by atoms with Gasteiger partial charge in [-0.3, -0.25) is 4.79 Å². The number of nitrogens with zero attached hydrogens (tertiary/aromatic N) is 1. The normalized spacial score (nSPS) is 10.1. The largest absolute Gasteiger partial charge is 0.490 e. The monoisotopic (exact) mass is 368 g/mol. The molecule has 0 radical (unpaired) electrons. The number of carbonyl (C=O) groups excluding carboxylic acids is 1. The lowest BCUT2D eigenvalue weighted by atomic mass is 10.1. The third-order valence-corrected chi connectivity index (χ3v) is 3.72. The molecule has 2 rings (SSSR count). The van der Waals surface area contributed by atoms with E-state index in [0.29, 0.717) is 43.4 Å². The second-order valence-corrected chi connectivity index (χ2v) is 5.73. The lowest BCUT2D eigenvalue weighted by Crippen LogP contribution is -2.28. The SMILES string of the molecule is CCOCc1ccc(CNC(=O)COc2ccc(C#N)cc2OCC)cc1. The lowest BCUT2D eigenvalue weighted by Gasteiger charge is -2.12. The van der Waals surface area contributed by atoms with Crippen LogP contribution in [0.1, 0.15) is 30.5 Å². The molecule has 2 aromatic rings. The highest BCUT2D eigenvalue weighted by molar-refractivity contribution is 5.77. The smallest absolute Gasteiger partial charge is 0.258 e. The fourth-order valence-corrected chi connectivity index (χ4v) is 2.33. The maximum atomic E-state index is 12.0. The fraction of sp³-hybridized carbons (Fsp3) is 0.333. The summed E-state index contributed by atoms with van der Waals surface area (Å²) in [5.41, 5.74) is 2.57. The molecule has 0 aliphatic heterocycles. The Morgan fingerprint density at radius 2 is 1.74 bits per heavy atom. The Hall–Kier alpha value is -3.04. The molecule has 0 aliphatic carbocycles. The Labute approximate surface area is 159 Å². The first kappa shape index (κ1) is 20.3. The van der Waals surface area contributed by atoms with Crippen LogP contribution in [0.15, 0.2) is 42.5 Å². The molecule has 1 N–H and O–H groups in total. The molecule has 1 amide bonds. The zero-order chi connectivity index (χ0) is 19.5. The van der Waals surface area contributed by atoms with Gasteiger partial charge < -0.3 is 19.5 Å². The van der Waals surface area contributed by atoms with Crippen LogP contribution in [0.2, 0.25) is 0 Å². The lowest BCUT2D eigenvalue weighted by molar-refractivity contribution is -0.123. The maximum absolute atomic E-state index is 12.0. The van der Waals surface area contributed by atoms with Crippen molar-refractivity contribution in [2.24, 2.45) is 0 Å². The van der Waals surface area contributed by atoms with Crippen molar-refractivity contribution in [3.8, 4) is 17.6 Å². The number of carbonyl (C=O) groups is 1. The molecule has 0 fully saturated rings. The van der Waals surface area contributed by atoms with E-state index in [-0.39, 0.29) is 12.5 Å². The molecule has 0 saturated heterocycles. The molecule has 0 aliphatic rings. The molecule has 27 heavy (non-hydrogen) atoms. The second-order valence-electron chi connectivity index (χ2n) is 5.73. The Bertz CT molecular complexity index is 782. The Morgan fingerprint density at radius 3 is 2.41 bits per heavy atom. The van der Waals surface area contributed by atoms with Crippen LogP contribution >= 0.6 is 0 Å². The van der Waals surface area contributed by atoms with E-state index >= 15 is 0 Å². The molecule has 0 saturated carbocycles. The summed E-state index contributed by atoms with van der Waals surface area (Å²) in [5.74, 6) is 0.653. The van der Waals surface area contributed by atoms with Crippen molar-refractivity contribution in [2.75, 3.05) is 19.8 Å². The summed E-state index contributed by atoms with van der Waals surface area (Å²) >= 11 is 0. The highest BCUT2D eigenvalue weighted by Gasteiger charge is 2.09. The van der Waals surface area contributed by atoms with Gasteiger partial charge in [0.25, 0.3) is 5.91 Å². The summed E-state index contributed by atoms with van der Waals surface area (Å²) in [4.78, 5) is 12.0. The predicted molar refractivity (Wildman–Crippen MR) is 101 cm³/mol. The minimum atomic E-state index is -0.236. The van der Waals surface area contributed by atoms with Gasteiger partial charge in [0.05, 0.1) is 24.8 Å². The van der Waals surface area contributed by atoms with Gasteiger partial charge in [0.2, 0.25) is 0 Å². The van der Waals surface area contributed by atoms with Crippen LogP contribution in [0.3, 0.4) is 0 Å². The minimum Gasteiger partial charge on any atom is -0.490 e. The number of rotatable bonds is 10. The van der Waals surface area contributed by atoms with E-state index in [4.69, 9.17) is 19.5 Å². The van der Waals surface area contributed by atoms with E-state index in [0.717, 1.165) is 11.1 Å². The topological polar surface area (TPSA) is 80.6 Å². The minimum absolute atomic E-state index is 0.131. The molecule has 0 aromatic heterocycles. The van der Waals surface area contributed by atoms with Crippen LogP contribution in [-0.4, -0.2) is 25.7 Å². The zero-order valence-corrected chi connectivity index (χ0v) is 15.7. The van der Waals surface area contributed by atoms with Gasteiger partial charge in [-0.05, 0) is 37.1 Å². The van der Waals surface area contributed by atoms with Gasteiger partial charge in [-0.15, -0.1) is 0 Å². The Morgan fingerprint density at radius 1 is 1.00 bits per heavy atom. The van der Waals surface area contributed by atoms with Gasteiger partial charge in [0.1, 0.15) is 0 Å². The third-order valence-electron chi connectivity index (χ3n) is 3.72.